The number of phenolic OH excluding ortho intramolecular Hbond substituents is 1. The van der Waals surface area contributed by atoms with Gasteiger partial charge in [0.2, 0.25) is 0 Å². The van der Waals surface area contributed by atoms with Gasteiger partial charge in [-0.05, 0) is 108 Å². The third-order valence-corrected chi connectivity index (χ3v) is 9.88. The van der Waals surface area contributed by atoms with Gasteiger partial charge in [0.05, 0.1) is 43.6 Å². The van der Waals surface area contributed by atoms with Crippen molar-refractivity contribution in [3.8, 4) is 16.9 Å². The van der Waals surface area contributed by atoms with Crippen molar-refractivity contribution in [3.05, 3.63) is 108 Å². The molecular weight excluding hydrogens is 781 g/mol. The van der Waals surface area contributed by atoms with Gasteiger partial charge >= 0.3 is 59.1 Å². The molecule has 0 radical (unpaired) electrons. The molecule has 6 rings (SSSR count). The monoisotopic (exact) mass is 809 g/mol. The fraction of sp³-hybridized carbons (Fsp3) is 0.0556. The minimum absolute atomic E-state index is 0. The molecule has 7 N–H and O–H groups in total. The van der Waals surface area contributed by atoms with Crippen LogP contribution in [0.1, 0.15) is 11.1 Å². The number of anilines is 3. The number of nitrogens with two attached hydrogens (primary N) is 3. The summed E-state index contributed by atoms with van der Waals surface area (Å²) < 4.78 is 73.8. The van der Waals surface area contributed by atoms with Crippen molar-refractivity contribution >= 4 is 82.2 Å². The summed E-state index contributed by atoms with van der Waals surface area (Å²) in [6.45, 7) is 3.61. The van der Waals surface area contributed by atoms with Gasteiger partial charge in [0.15, 0.2) is 5.75 Å². The minimum Gasteiger partial charge on any atom is -0.744 e. The Bertz CT molecular complexity index is 2800. The maximum atomic E-state index is 12.4. The second-order valence-corrected chi connectivity index (χ2v) is 14.7. The Hall–Kier alpha value is -4.60. The van der Waals surface area contributed by atoms with Crippen LogP contribution in [0.15, 0.2) is 138 Å². The van der Waals surface area contributed by atoms with Crippen LogP contribution < -0.4 is 76.3 Å². The molecule has 56 heavy (non-hydrogen) atoms. The van der Waals surface area contributed by atoms with E-state index in [1.807, 2.05) is 25.1 Å². The maximum Gasteiger partial charge on any atom is 1.00 e. The third-order valence-electron chi connectivity index (χ3n) is 8.18. The Balaban J connectivity index is 0.00000348. The van der Waals surface area contributed by atoms with Crippen molar-refractivity contribution in [1.82, 2.24) is 0 Å². The van der Waals surface area contributed by atoms with Crippen LogP contribution in [-0.4, -0.2) is 31.0 Å². The Morgan fingerprint density at radius 1 is 0.571 bits per heavy atom. The van der Waals surface area contributed by atoms with Gasteiger partial charge < -0.3 is 31.4 Å². The number of rotatable bonds is 9. The molecule has 0 aliphatic heterocycles. The first-order valence-electron chi connectivity index (χ1n) is 15.7. The van der Waals surface area contributed by atoms with Gasteiger partial charge in [-0.3, -0.25) is 0 Å². The van der Waals surface area contributed by atoms with E-state index >= 15 is 0 Å². The van der Waals surface area contributed by atoms with Gasteiger partial charge in [0, 0.05) is 5.69 Å². The van der Waals surface area contributed by atoms with E-state index in [0.29, 0.717) is 28.3 Å². The molecule has 0 spiro atoms. The summed E-state index contributed by atoms with van der Waals surface area (Å²) >= 11 is 0. The summed E-state index contributed by atoms with van der Waals surface area (Å²) in [6.07, 6.45) is 0. The number of nitrogen functional groups attached to an aromatic ring is 3. The van der Waals surface area contributed by atoms with Gasteiger partial charge in [-0.2, -0.15) is 15.3 Å². The largest absolute Gasteiger partial charge is 1.00 e. The summed E-state index contributed by atoms with van der Waals surface area (Å²) in [6, 6.07) is 25.2. The van der Waals surface area contributed by atoms with Crippen molar-refractivity contribution in [2.45, 2.75) is 23.6 Å². The SMILES string of the molecule is Cc1cc(-c2ccc(N=Nc3c(S(=O)(=O)[O-])cc4cc(S(=O)(=O)[O-])c(N=Nc5ccccc5)c(O)c4c3N)c(C)c2)ccc1N=Nc1ccc(N)cc1N.[Na+].[Na+]. The molecule has 0 fully saturated rings. The van der Waals surface area contributed by atoms with Crippen LogP contribution in [-0.2, 0) is 20.2 Å². The van der Waals surface area contributed by atoms with E-state index in [-0.39, 0.29) is 81.3 Å². The Labute approximate surface area is 365 Å². The molecule has 0 saturated carbocycles. The predicted molar refractivity (Wildman–Crippen MR) is 202 cm³/mol. The molecule has 0 heterocycles. The summed E-state index contributed by atoms with van der Waals surface area (Å²) in [7, 11) is -10.6. The van der Waals surface area contributed by atoms with Gasteiger partial charge in [-0.25, -0.2) is 16.8 Å². The van der Waals surface area contributed by atoms with E-state index in [2.05, 4.69) is 30.7 Å². The molecule has 6 aromatic carbocycles. The second-order valence-electron chi connectivity index (χ2n) is 12.0. The summed E-state index contributed by atoms with van der Waals surface area (Å²) in [5, 5.41) is 34.9. The summed E-state index contributed by atoms with van der Waals surface area (Å²) in [5.74, 6) is -0.914. The number of nitrogens with zero attached hydrogens (tertiary/aromatic N) is 6. The third kappa shape index (κ3) is 9.67. The van der Waals surface area contributed by atoms with E-state index in [9.17, 15) is 31.0 Å². The molecule has 274 valence electrons. The van der Waals surface area contributed by atoms with Crippen LogP contribution in [0.5, 0.6) is 5.75 Å². The standard InChI is InChI=1S/C36H31N9O7S2.2Na/c1-19-14-21(8-11-27(19)41-43-29-13-10-24(37)18-26(29)38)22-9-12-28(20(2)15-22)42-44-34-30(53(47,48)49)16-23-17-31(54(50,51)52)35(36(46)32(23)33(34)39)45-40-25-6-4-3-5-7-25;;/h3-18,46H,37-39H2,1-2H3,(H,47,48,49)(H,50,51,52);;/q;2*+1/p-2. The Kier molecular flexibility index (Phi) is 13.9. The van der Waals surface area contributed by atoms with Gasteiger partial charge in [-0.15, -0.1) is 15.3 Å². The zero-order valence-corrected chi connectivity index (χ0v) is 36.0. The topological polar surface area (TPSA) is 287 Å². The molecule has 0 atom stereocenters. The summed E-state index contributed by atoms with van der Waals surface area (Å²) in [4.78, 5) is -1.99. The molecule has 0 saturated heterocycles. The summed E-state index contributed by atoms with van der Waals surface area (Å²) in [5.41, 5.74) is 21.8. The number of hydrogen-bond donors (Lipinski definition) is 4. The van der Waals surface area contributed by atoms with Crippen LogP contribution in [0.25, 0.3) is 21.9 Å². The van der Waals surface area contributed by atoms with Crippen molar-refractivity contribution in [2.75, 3.05) is 17.2 Å². The number of aryl methyl sites for hydroxylation is 2. The van der Waals surface area contributed by atoms with E-state index in [1.54, 1.807) is 61.5 Å². The van der Waals surface area contributed by atoms with Crippen LogP contribution in [0.3, 0.4) is 0 Å². The average Bonchev–Trinajstić information content (AvgIpc) is 3.10. The molecule has 0 bridgehead atoms. The minimum atomic E-state index is -5.31. The van der Waals surface area contributed by atoms with E-state index in [0.717, 1.165) is 28.8 Å². The number of phenols is 1. The number of aromatic hydroxyl groups is 1. The second kappa shape index (κ2) is 17.7. The van der Waals surface area contributed by atoms with Gasteiger partial charge in [-0.1, -0.05) is 30.3 Å². The molecule has 20 heteroatoms. The smallest absolute Gasteiger partial charge is 0.744 e. The molecule has 0 unspecified atom stereocenters. The van der Waals surface area contributed by atoms with Crippen LogP contribution in [0, 0.1) is 13.8 Å². The maximum absolute atomic E-state index is 12.4. The Morgan fingerprint density at radius 3 is 1.57 bits per heavy atom. The first-order valence-corrected chi connectivity index (χ1v) is 18.5. The van der Waals surface area contributed by atoms with Crippen molar-refractivity contribution in [2.24, 2.45) is 30.7 Å². The quantitative estimate of drug-likeness (QED) is 0.0717. The number of fused-ring (bicyclic) bond motifs is 1. The van der Waals surface area contributed by atoms with Crippen LogP contribution >= 0.6 is 0 Å². The zero-order chi connectivity index (χ0) is 38.9. The first-order chi connectivity index (χ1) is 25.5. The van der Waals surface area contributed by atoms with Crippen LogP contribution in [0.2, 0.25) is 0 Å². The van der Waals surface area contributed by atoms with Crippen molar-refractivity contribution < 1.29 is 90.2 Å². The van der Waals surface area contributed by atoms with Crippen LogP contribution in [0.4, 0.5) is 51.2 Å². The van der Waals surface area contributed by atoms with Gasteiger partial charge in [0.1, 0.15) is 37.3 Å². The molecule has 16 nitrogen and oxygen atoms in total. The molecule has 0 amide bonds. The molecule has 0 aromatic heterocycles. The number of azo groups is 3. The normalized spacial score (nSPS) is 12.0. The van der Waals surface area contributed by atoms with E-state index < -0.39 is 52.8 Å². The number of hydrogen-bond acceptors (Lipinski definition) is 16. The van der Waals surface area contributed by atoms with Crippen molar-refractivity contribution in [1.29, 1.82) is 0 Å². The van der Waals surface area contributed by atoms with E-state index in [1.165, 1.54) is 12.1 Å². The molecular formula is C36H29N9Na2O7S2. The number of benzene rings is 6. The van der Waals surface area contributed by atoms with E-state index in [4.69, 9.17) is 17.2 Å². The molecule has 0 aliphatic carbocycles. The molecule has 0 aliphatic rings. The van der Waals surface area contributed by atoms with Gasteiger partial charge in [0.25, 0.3) is 0 Å². The van der Waals surface area contributed by atoms with Crippen molar-refractivity contribution in [3.63, 3.8) is 0 Å². The average molecular weight is 810 g/mol. The Morgan fingerprint density at radius 2 is 1.05 bits per heavy atom. The zero-order valence-electron chi connectivity index (χ0n) is 30.4. The fourth-order valence-electron chi connectivity index (χ4n) is 5.46. The first kappa shape index (κ1) is 44.1. The molecule has 6 aromatic rings. The fourth-order valence-corrected chi connectivity index (χ4v) is 6.77. The predicted octanol–water partition coefficient (Wildman–Crippen LogP) is 2.64.